The minimum Gasteiger partial charge on any atom is -0.497 e. The molecule has 1 aliphatic rings. The summed E-state index contributed by atoms with van der Waals surface area (Å²) < 4.78 is 10.3. The maximum absolute atomic E-state index is 13.0. The van der Waals surface area contributed by atoms with Crippen molar-refractivity contribution < 1.29 is 19.1 Å². The summed E-state index contributed by atoms with van der Waals surface area (Å²) in [6, 6.07) is 12.3. The van der Waals surface area contributed by atoms with E-state index in [4.69, 9.17) is 21.7 Å². The molecule has 2 aromatic carbocycles. The summed E-state index contributed by atoms with van der Waals surface area (Å²) in [7, 11) is 3.14. The number of rotatable bonds is 4. The third-order valence-corrected chi connectivity index (χ3v) is 4.49. The molecule has 6 nitrogen and oxygen atoms in total. The van der Waals surface area contributed by atoms with Crippen LogP contribution in [0.4, 0.5) is 5.69 Å². The molecule has 138 valence electrons. The molecular weight excluding hydrogens is 364 g/mol. The van der Waals surface area contributed by atoms with Gasteiger partial charge in [0.2, 0.25) is 0 Å². The number of carbonyl (C=O) groups excluding carboxylic acids is 2. The van der Waals surface area contributed by atoms with Crippen molar-refractivity contribution >= 4 is 40.9 Å². The van der Waals surface area contributed by atoms with E-state index in [9.17, 15) is 9.59 Å². The largest absolute Gasteiger partial charge is 0.497 e. The number of methoxy groups -OCH3 is 2. The first-order valence-electron chi connectivity index (χ1n) is 8.14. The minimum absolute atomic E-state index is 0.00712. The van der Waals surface area contributed by atoms with Gasteiger partial charge < -0.3 is 9.47 Å². The Balaban J connectivity index is 1.99. The number of hydrogen-bond donors (Lipinski definition) is 1. The molecule has 2 amide bonds. The summed E-state index contributed by atoms with van der Waals surface area (Å²) >= 11 is 5.20. The number of anilines is 1. The average Bonchev–Trinajstić information content (AvgIpc) is 2.66. The lowest BCUT2D eigenvalue weighted by molar-refractivity contribution is -0.122. The Bertz CT molecular complexity index is 951. The molecule has 0 bridgehead atoms. The molecule has 0 aliphatic carbocycles. The summed E-state index contributed by atoms with van der Waals surface area (Å²) in [5, 5.41) is 2.61. The highest BCUT2D eigenvalue weighted by Crippen LogP contribution is 2.25. The summed E-state index contributed by atoms with van der Waals surface area (Å²) in [5.74, 6) is 0.354. The lowest BCUT2D eigenvalue weighted by Crippen LogP contribution is -2.54. The van der Waals surface area contributed by atoms with Crippen molar-refractivity contribution in [2.75, 3.05) is 19.1 Å². The van der Waals surface area contributed by atoms with E-state index in [0.717, 1.165) is 11.1 Å². The van der Waals surface area contributed by atoms with Gasteiger partial charge in [-0.25, -0.2) is 0 Å². The van der Waals surface area contributed by atoms with Crippen molar-refractivity contribution in [1.29, 1.82) is 0 Å². The van der Waals surface area contributed by atoms with E-state index in [1.165, 1.54) is 4.90 Å². The summed E-state index contributed by atoms with van der Waals surface area (Å²) in [6.45, 7) is 1.88. The van der Waals surface area contributed by atoms with E-state index in [-0.39, 0.29) is 10.7 Å². The van der Waals surface area contributed by atoms with Crippen LogP contribution in [0.1, 0.15) is 11.1 Å². The van der Waals surface area contributed by atoms with Crippen LogP contribution in [0.25, 0.3) is 6.08 Å². The highest BCUT2D eigenvalue weighted by Gasteiger charge is 2.34. The van der Waals surface area contributed by atoms with E-state index >= 15 is 0 Å². The summed E-state index contributed by atoms with van der Waals surface area (Å²) in [4.78, 5) is 26.7. The smallest absolute Gasteiger partial charge is 0.270 e. The molecule has 7 heteroatoms. The first-order valence-corrected chi connectivity index (χ1v) is 8.55. The zero-order valence-corrected chi connectivity index (χ0v) is 15.9. The maximum Gasteiger partial charge on any atom is 0.270 e. The molecular formula is C20H18N2O4S. The molecule has 0 aromatic heterocycles. The van der Waals surface area contributed by atoms with Gasteiger partial charge in [0.1, 0.15) is 17.1 Å². The zero-order chi connectivity index (χ0) is 19.6. The van der Waals surface area contributed by atoms with Gasteiger partial charge in [-0.3, -0.25) is 19.8 Å². The van der Waals surface area contributed by atoms with Gasteiger partial charge in [-0.15, -0.1) is 0 Å². The zero-order valence-electron chi connectivity index (χ0n) is 15.1. The van der Waals surface area contributed by atoms with Crippen LogP contribution in [-0.4, -0.2) is 31.1 Å². The molecule has 1 saturated heterocycles. The Morgan fingerprint density at radius 3 is 2.22 bits per heavy atom. The van der Waals surface area contributed by atoms with Gasteiger partial charge >= 0.3 is 0 Å². The van der Waals surface area contributed by atoms with Gasteiger partial charge in [0.15, 0.2) is 5.11 Å². The van der Waals surface area contributed by atoms with Crippen molar-refractivity contribution in [2.24, 2.45) is 0 Å². The number of aryl methyl sites for hydroxylation is 1. The third kappa shape index (κ3) is 3.68. The minimum atomic E-state index is -0.523. The number of carbonyl (C=O) groups is 2. The molecule has 0 unspecified atom stereocenters. The van der Waals surface area contributed by atoms with Gasteiger partial charge in [-0.1, -0.05) is 6.07 Å². The van der Waals surface area contributed by atoms with E-state index in [1.807, 2.05) is 13.0 Å². The van der Waals surface area contributed by atoms with Gasteiger partial charge in [-0.05, 0) is 72.7 Å². The maximum atomic E-state index is 13.0. The number of hydrogen-bond acceptors (Lipinski definition) is 5. The highest BCUT2D eigenvalue weighted by molar-refractivity contribution is 7.80. The van der Waals surface area contributed by atoms with E-state index < -0.39 is 11.8 Å². The molecule has 1 aliphatic heterocycles. The fourth-order valence-electron chi connectivity index (χ4n) is 2.72. The van der Waals surface area contributed by atoms with Gasteiger partial charge in [-0.2, -0.15) is 0 Å². The van der Waals surface area contributed by atoms with Crippen molar-refractivity contribution in [3.05, 3.63) is 59.2 Å². The van der Waals surface area contributed by atoms with Crippen molar-refractivity contribution in [1.82, 2.24) is 5.32 Å². The Morgan fingerprint density at radius 2 is 1.63 bits per heavy atom. The average molecular weight is 382 g/mol. The molecule has 1 fully saturated rings. The Hall–Kier alpha value is -3.19. The SMILES string of the molecule is COc1ccc(N2C(=O)/C(=C/c3ccc(OC)cc3C)C(=O)NC2=S)cc1. The van der Waals surface area contributed by atoms with Crippen LogP contribution in [0.2, 0.25) is 0 Å². The second-order valence-electron chi connectivity index (χ2n) is 5.88. The van der Waals surface area contributed by atoms with Crippen LogP contribution in [0.15, 0.2) is 48.0 Å². The highest BCUT2D eigenvalue weighted by atomic mass is 32.1. The number of nitrogens with one attached hydrogen (secondary N) is 1. The molecule has 1 heterocycles. The molecule has 1 N–H and O–H groups in total. The first kappa shape index (κ1) is 18.6. The molecule has 2 aromatic rings. The Labute approximate surface area is 162 Å². The first-order chi connectivity index (χ1) is 12.9. The summed E-state index contributed by atoms with van der Waals surface area (Å²) in [5.41, 5.74) is 2.18. The van der Waals surface area contributed by atoms with Crippen LogP contribution in [0.3, 0.4) is 0 Å². The molecule has 0 saturated carbocycles. The van der Waals surface area contributed by atoms with Crippen LogP contribution in [0, 0.1) is 6.92 Å². The second kappa shape index (κ2) is 7.59. The molecule has 0 radical (unpaired) electrons. The van der Waals surface area contributed by atoms with Crippen molar-refractivity contribution in [3.8, 4) is 11.5 Å². The third-order valence-electron chi connectivity index (χ3n) is 4.21. The number of amides is 2. The van der Waals surface area contributed by atoms with Gasteiger partial charge in [0.05, 0.1) is 19.9 Å². The number of benzene rings is 2. The second-order valence-corrected chi connectivity index (χ2v) is 6.27. The number of thiocarbonyl (C=S) groups is 1. The lowest BCUT2D eigenvalue weighted by atomic mass is 10.0. The standard InChI is InChI=1S/C20H18N2O4S/c1-12-10-16(26-3)7-4-13(12)11-17-18(23)21-20(27)22(19(17)24)14-5-8-15(25-2)9-6-14/h4-11H,1-3H3,(H,21,23,27)/b17-11+. The van der Waals surface area contributed by atoms with Gasteiger partial charge in [0.25, 0.3) is 11.8 Å². The normalized spacial score (nSPS) is 15.7. The van der Waals surface area contributed by atoms with Crippen molar-refractivity contribution in [3.63, 3.8) is 0 Å². The quantitative estimate of drug-likeness (QED) is 0.500. The topological polar surface area (TPSA) is 67.9 Å². The van der Waals surface area contributed by atoms with Gasteiger partial charge in [0, 0.05) is 0 Å². The molecule has 27 heavy (non-hydrogen) atoms. The van der Waals surface area contributed by atoms with Crippen molar-refractivity contribution in [2.45, 2.75) is 6.92 Å². The van der Waals surface area contributed by atoms with E-state index in [0.29, 0.717) is 17.2 Å². The lowest BCUT2D eigenvalue weighted by Gasteiger charge is -2.29. The van der Waals surface area contributed by atoms with Crippen LogP contribution in [-0.2, 0) is 9.59 Å². The number of nitrogens with zero attached hydrogens (tertiary/aromatic N) is 1. The Morgan fingerprint density at radius 1 is 1.00 bits per heavy atom. The summed E-state index contributed by atoms with van der Waals surface area (Å²) in [6.07, 6.45) is 1.56. The van der Waals surface area contributed by atoms with E-state index in [2.05, 4.69) is 5.32 Å². The Kier molecular flexibility index (Phi) is 5.23. The van der Waals surface area contributed by atoms with E-state index in [1.54, 1.807) is 56.7 Å². The van der Waals surface area contributed by atoms with Crippen LogP contribution in [0.5, 0.6) is 11.5 Å². The fraction of sp³-hybridized carbons (Fsp3) is 0.150. The molecule has 0 spiro atoms. The molecule has 3 rings (SSSR count). The fourth-order valence-corrected chi connectivity index (χ4v) is 3.00. The monoisotopic (exact) mass is 382 g/mol. The molecule has 0 atom stereocenters. The predicted octanol–water partition coefficient (Wildman–Crippen LogP) is 2.84. The van der Waals surface area contributed by atoms with Crippen LogP contribution >= 0.6 is 12.2 Å². The van der Waals surface area contributed by atoms with Crippen LogP contribution < -0.4 is 19.7 Å². The predicted molar refractivity (Wildman–Crippen MR) is 107 cm³/mol. The number of ether oxygens (including phenoxy) is 2.